The molecule has 44 heavy (non-hydrogen) atoms. The fourth-order valence-electron chi connectivity index (χ4n) is 5.65. The summed E-state index contributed by atoms with van der Waals surface area (Å²) in [6.45, 7) is 1.73. The third kappa shape index (κ3) is 6.33. The number of nitrogens with one attached hydrogen (secondary N) is 1. The quantitative estimate of drug-likeness (QED) is 0.223. The molecule has 0 bridgehead atoms. The van der Waals surface area contributed by atoms with Crippen molar-refractivity contribution in [1.82, 2.24) is 14.7 Å². The topological polar surface area (TPSA) is 114 Å². The van der Waals surface area contributed by atoms with E-state index in [1.54, 1.807) is 47.0 Å². The number of aromatic carboxylic acids is 1. The molecule has 3 aromatic carbocycles. The van der Waals surface area contributed by atoms with E-state index in [0.717, 1.165) is 24.0 Å². The Labute approximate surface area is 260 Å². The summed E-state index contributed by atoms with van der Waals surface area (Å²) in [7, 11) is 1.79. The summed E-state index contributed by atoms with van der Waals surface area (Å²) in [4.78, 5) is 40.0. The van der Waals surface area contributed by atoms with Crippen LogP contribution in [0.5, 0.6) is 5.75 Å². The van der Waals surface area contributed by atoms with Crippen LogP contribution in [0.25, 0.3) is 11.3 Å². The van der Waals surface area contributed by atoms with E-state index in [4.69, 9.17) is 21.4 Å². The minimum atomic E-state index is -0.952. The minimum Gasteiger partial charge on any atom is -0.493 e. The zero-order valence-electron chi connectivity index (χ0n) is 24.3. The van der Waals surface area contributed by atoms with E-state index in [1.165, 1.54) is 19.0 Å². The van der Waals surface area contributed by atoms with Crippen LogP contribution in [0, 0.1) is 5.92 Å². The number of hydrogen-bond donors (Lipinski definition) is 2. The van der Waals surface area contributed by atoms with Gasteiger partial charge in [-0.2, -0.15) is 5.10 Å². The molecular weight excluding hydrogens is 580 g/mol. The van der Waals surface area contributed by atoms with E-state index < -0.39 is 5.97 Å². The highest BCUT2D eigenvalue weighted by Gasteiger charge is 2.27. The summed E-state index contributed by atoms with van der Waals surface area (Å²) in [6, 6.07) is 19.5. The third-order valence-electron chi connectivity index (χ3n) is 8.36. The number of piperidine rings is 1. The molecule has 1 saturated heterocycles. The monoisotopic (exact) mass is 612 g/mol. The van der Waals surface area contributed by atoms with Gasteiger partial charge >= 0.3 is 5.97 Å². The number of anilines is 1. The summed E-state index contributed by atoms with van der Waals surface area (Å²) in [6.07, 6.45) is 5.39. The second-order valence-corrected chi connectivity index (χ2v) is 11.8. The second kappa shape index (κ2) is 12.5. The van der Waals surface area contributed by atoms with Crippen molar-refractivity contribution in [2.75, 3.05) is 25.0 Å². The normalized spacial score (nSPS) is 15.2. The molecule has 10 heteroatoms. The van der Waals surface area contributed by atoms with E-state index in [9.17, 15) is 14.4 Å². The lowest BCUT2D eigenvalue weighted by Crippen LogP contribution is -2.38. The fraction of sp³-hybridized carbons (Fsp3) is 0.294. The van der Waals surface area contributed by atoms with Gasteiger partial charge in [-0.3, -0.25) is 14.3 Å². The molecule has 2 aliphatic rings. The molecule has 2 fully saturated rings. The molecule has 1 aliphatic heterocycles. The Morgan fingerprint density at radius 2 is 1.70 bits per heavy atom. The number of likely N-dealkylation sites (tertiary alicyclic amines) is 1. The number of aromatic nitrogens is 2. The van der Waals surface area contributed by atoms with Gasteiger partial charge in [0.2, 0.25) is 0 Å². The van der Waals surface area contributed by atoms with Gasteiger partial charge in [-0.05, 0) is 85.5 Å². The van der Waals surface area contributed by atoms with Gasteiger partial charge in [0.1, 0.15) is 5.75 Å². The molecule has 1 aromatic heterocycles. The van der Waals surface area contributed by atoms with Crippen molar-refractivity contribution in [3.63, 3.8) is 0 Å². The standard InChI is InChI=1S/C34H33ClN4O5/c1-38-31(26-4-2-3-5-30(26)44-20-21-6-7-21)28(19-36-38)32(40)37-25-12-13-29(35)27(18-25)33(41)39-16-14-23(15-17-39)22-8-10-24(11-9-22)34(42)43/h2-5,8-13,18-19,21,23H,6-7,14-17,20H2,1H3,(H,37,40)(H,42,43). The van der Waals surface area contributed by atoms with Crippen LogP contribution in [-0.2, 0) is 7.05 Å². The number of nitrogens with zero attached hydrogens (tertiary/aromatic N) is 3. The number of aryl methyl sites for hydroxylation is 1. The van der Waals surface area contributed by atoms with Crippen LogP contribution in [-0.4, -0.2) is 57.3 Å². The van der Waals surface area contributed by atoms with Crippen molar-refractivity contribution in [3.05, 3.63) is 100 Å². The lowest BCUT2D eigenvalue weighted by Gasteiger charge is -2.32. The number of amides is 2. The molecule has 2 heterocycles. The number of carboxylic acid groups (broad SMARTS) is 1. The molecule has 1 aliphatic carbocycles. The SMILES string of the molecule is Cn1ncc(C(=O)Nc2ccc(Cl)c(C(=O)N3CCC(c4ccc(C(=O)O)cc4)CC3)c2)c1-c1ccccc1OCC1CC1. The predicted octanol–water partition coefficient (Wildman–Crippen LogP) is 6.50. The van der Waals surface area contributed by atoms with Gasteiger partial charge in [0.05, 0.1) is 40.2 Å². The highest BCUT2D eigenvalue weighted by molar-refractivity contribution is 6.34. The molecule has 4 aromatic rings. The highest BCUT2D eigenvalue weighted by atomic mass is 35.5. The minimum absolute atomic E-state index is 0.199. The first-order chi connectivity index (χ1) is 21.3. The average molecular weight is 613 g/mol. The third-order valence-corrected chi connectivity index (χ3v) is 8.69. The van der Waals surface area contributed by atoms with Gasteiger partial charge < -0.3 is 20.1 Å². The number of carbonyl (C=O) groups is 3. The average Bonchev–Trinajstić information content (AvgIpc) is 3.80. The second-order valence-electron chi connectivity index (χ2n) is 11.4. The van der Waals surface area contributed by atoms with E-state index in [2.05, 4.69) is 10.4 Å². The summed E-state index contributed by atoms with van der Waals surface area (Å²) in [5.41, 5.74) is 3.90. The van der Waals surface area contributed by atoms with Gasteiger partial charge in [-0.25, -0.2) is 4.79 Å². The van der Waals surface area contributed by atoms with E-state index in [0.29, 0.717) is 58.9 Å². The molecule has 6 rings (SSSR count). The maximum atomic E-state index is 13.5. The fourth-order valence-corrected chi connectivity index (χ4v) is 5.85. The first kappa shape index (κ1) is 29.4. The highest BCUT2D eigenvalue weighted by Crippen LogP contribution is 2.36. The Bertz CT molecular complexity index is 1710. The van der Waals surface area contributed by atoms with Crippen molar-refractivity contribution in [2.45, 2.75) is 31.6 Å². The Balaban J connectivity index is 1.15. The molecule has 0 radical (unpaired) electrons. The summed E-state index contributed by atoms with van der Waals surface area (Å²) in [5.74, 6) is 0.0177. The smallest absolute Gasteiger partial charge is 0.335 e. The Kier molecular flexibility index (Phi) is 8.39. The Morgan fingerprint density at radius 3 is 2.41 bits per heavy atom. The van der Waals surface area contributed by atoms with Crippen LogP contribution in [0.15, 0.2) is 72.9 Å². The maximum absolute atomic E-state index is 13.5. The van der Waals surface area contributed by atoms with Crippen LogP contribution in [0.1, 0.15) is 68.2 Å². The molecule has 0 atom stereocenters. The summed E-state index contributed by atoms with van der Waals surface area (Å²) in [5, 5.41) is 16.7. The number of ether oxygens (including phenoxy) is 1. The van der Waals surface area contributed by atoms with Crippen LogP contribution in [0.2, 0.25) is 5.02 Å². The lowest BCUT2D eigenvalue weighted by molar-refractivity contribution is 0.0691. The maximum Gasteiger partial charge on any atom is 0.335 e. The number of hydrogen-bond acceptors (Lipinski definition) is 5. The molecule has 226 valence electrons. The van der Waals surface area contributed by atoms with Crippen LogP contribution in [0.4, 0.5) is 5.69 Å². The number of carboxylic acids is 1. The Hall–Kier alpha value is -4.63. The number of carbonyl (C=O) groups excluding carboxylic acids is 2. The van der Waals surface area contributed by atoms with Gasteiger partial charge in [-0.15, -0.1) is 0 Å². The predicted molar refractivity (Wildman–Crippen MR) is 168 cm³/mol. The van der Waals surface area contributed by atoms with Gasteiger partial charge in [0.25, 0.3) is 11.8 Å². The van der Waals surface area contributed by atoms with E-state index in [1.807, 2.05) is 36.4 Å². The van der Waals surface area contributed by atoms with Crippen molar-refractivity contribution < 1.29 is 24.2 Å². The lowest BCUT2D eigenvalue weighted by atomic mass is 9.89. The zero-order chi connectivity index (χ0) is 30.8. The van der Waals surface area contributed by atoms with E-state index >= 15 is 0 Å². The molecule has 1 saturated carbocycles. The van der Waals surface area contributed by atoms with Crippen molar-refractivity contribution >= 4 is 35.1 Å². The van der Waals surface area contributed by atoms with Crippen LogP contribution >= 0.6 is 11.6 Å². The van der Waals surface area contributed by atoms with Gasteiger partial charge in [0.15, 0.2) is 0 Å². The van der Waals surface area contributed by atoms with Crippen LogP contribution in [0.3, 0.4) is 0 Å². The van der Waals surface area contributed by atoms with Crippen molar-refractivity contribution in [3.8, 4) is 17.0 Å². The molecule has 2 amide bonds. The largest absolute Gasteiger partial charge is 0.493 e. The first-order valence-corrected chi connectivity index (χ1v) is 15.1. The molecule has 0 unspecified atom stereocenters. The number of rotatable bonds is 9. The number of halogens is 1. The van der Waals surface area contributed by atoms with Gasteiger partial charge in [0, 0.05) is 31.4 Å². The first-order valence-electron chi connectivity index (χ1n) is 14.8. The number of para-hydroxylation sites is 1. The molecule has 0 spiro atoms. The molecular formula is C34H33ClN4O5. The number of benzene rings is 3. The van der Waals surface area contributed by atoms with Crippen molar-refractivity contribution in [1.29, 1.82) is 0 Å². The summed E-state index contributed by atoms with van der Waals surface area (Å²) >= 11 is 6.48. The summed E-state index contributed by atoms with van der Waals surface area (Å²) < 4.78 is 7.76. The van der Waals surface area contributed by atoms with Gasteiger partial charge in [-0.1, -0.05) is 35.9 Å². The van der Waals surface area contributed by atoms with E-state index in [-0.39, 0.29) is 23.3 Å². The molecule has 2 N–H and O–H groups in total. The van der Waals surface area contributed by atoms with Crippen LogP contribution < -0.4 is 10.1 Å². The zero-order valence-corrected chi connectivity index (χ0v) is 25.1. The van der Waals surface area contributed by atoms with Crippen molar-refractivity contribution in [2.24, 2.45) is 13.0 Å². The Morgan fingerprint density at radius 1 is 0.977 bits per heavy atom. The molecule has 9 nitrogen and oxygen atoms in total.